The van der Waals surface area contributed by atoms with Crippen molar-refractivity contribution in [2.75, 3.05) is 33.7 Å². The Morgan fingerprint density at radius 1 is 1.26 bits per heavy atom. The summed E-state index contributed by atoms with van der Waals surface area (Å²) in [6, 6.07) is 1.74. The van der Waals surface area contributed by atoms with Crippen molar-refractivity contribution in [3.63, 3.8) is 0 Å². The number of aryl methyl sites for hydroxylation is 1. The summed E-state index contributed by atoms with van der Waals surface area (Å²) in [5.41, 5.74) is 0.965. The minimum absolute atomic E-state index is 0.420. The van der Waals surface area contributed by atoms with Gasteiger partial charge in [-0.25, -0.2) is 8.42 Å². The van der Waals surface area contributed by atoms with E-state index in [-0.39, 0.29) is 0 Å². The molecular formula is C12H21BrN2O2S2. The molecule has 0 unspecified atom stereocenters. The van der Waals surface area contributed by atoms with Crippen molar-refractivity contribution in [3.05, 3.63) is 15.4 Å². The molecule has 7 heteroatoms. The van der Waals surface area contributed by atoms with Crippen LogP contribution in [-0.2, 0) is 10.0 Å². The van der Waals surface area contributed by atoms with Crippen molar-refractivity contribution < 1.29 is 8.42 Å². The van der Waals surface area contributed by atoms with Crippen LogP contribution in [0.2, 0.25) is 0 Å². The van der Waals surface area contributed by atoms with Crippen LogP contribution in [0.1, 0.15) is 18.9 Å². The number of rotatable bonds is 7. The van der Waals surface area contributed by atoms with Crippen LogP contribution < -0.4 is 0 Å². The van der Waals surface area contributed by atoms with Gasteiger partial charge in [0.1, 0.15) is 4.21 Å². The Kier molecular flexibility index (Phi) is 6.46. The van der Waals surface area contributed by atoms with Gasteiger partial charge in [-0.05, 0) is 55.0 Å². The number of sulfonamides is 1. The van der Waals surface area contributed by atoms with Gasteiger partial charge in [0.05, 0.1) is 3.79 Å². The normalized spacial score (nSPS) is 12.6. The van der Waals surface area contributed by atoms with E-state index in [4.69, 9.17) is 0 Å². The summed E-state index contributed by atoms with van der Waals surface area (Å²) in [6.07, 6.45) is 0.818. The van der Waals surface area contributed by atoms with E-state index in [0.29, 0.717) is 17.3 Å². The van der Waals surface area contributed by atoms with Gasteiger partial charge in [0.15, 0.2) is 0 Å². The minimum Gasteiger partial charge on any atom is -0.308 e. The first-order chi connectivity index (χ1) is 8.78. The third kappa shape index (κ3) is 4.53. The molecule has 1 aromatic heterocycles. The molecule has 0 aliphatic heterocycles. The van der Waals surface area contributed by atoms with Gasteiger partial charge in [-0.2, -0.15) is 4.31 Å². The summed E-state index contributed by atoms with van der Waals surface area (Å²) < 4.78 is 28.1. The highest BCUT2D eigenvalue weighted by Gasteiger charge is 2.26. The molecule has 0 bridgehead atoms. The second-order valence-corrected chi connectivity index (χ2v) is 9.26. The van der Waals surface area contributed by atoms with Crippen LogP contribution in [0.4, 0.5) is 0 Å². The molecule has 0 atom stereocenters. The Hall–Kier alpha value is 0.0500. The maximum atomic E-state index is 12.6. The van der Waals surface area contributed by atoms with Crippen molar-refractivity contribution in [1.82, 2.24) is 9.21 Å². The van der Waals surface area contributed by atoms with E-state index in [1.165, 1.54) is 11.3 Å². The van der Waals surface area contributed by atoms with E-state index < -0.39 is 10.0 Å². The summed E-state index contributed by atoms with van der Waals surface area (Å²) in [6.45, 7) is 5.71. The molecule has 1 heterocycles. The molecule has 1 aromatic rings. The lowest BCUT2D eigenvalue weighted by Gasteiger charge is -2.22. The molecule has 0 saturated heterocycles. The standard InChI is InChI=1S/C12H21BrN2O2S2/c1-5-6-15(8-7-14(3)4)19(16,17)11-9-10(2)12(13)18-11/h9H,5-8H2,1-4H3. The maximum Gasteiger partial charge on any atom is 0.252 e. The van der Waals surface area contributed by atoms with Crippen LogP contribution in [0.15, 0.2) is 14.1 Å². The molecule has 110 valence electrons. The molecule has 0 aromatic carbocycles. The minimum atomic E-state index is -3.37. The summed E-state index contributed by atoms with van der Waals surface area (Å²) in [5, 5.41) is 0. The summed E-state index contributed by atoms with van der Waals surface area (Å²) in [4.78, 5) is 1.99. The Balaban J connectivity index is 2.98. The smallest absolute Gasteiger partial charge is 0.252 e. The number of thiophene rings is 1. The van der Waals surface area contributed by atoms with E-state index in [0.717, 1.165) is 22.3 Å². The van der Waals surface area contributed by atoms with Crippen LogP contribution in [0.25, 0.3) is 0 Å². The molecule has 0 radical (unpaired) electrons. The van der Waals surface area contributed by atoms with Crippen LogP contribution >= 0.6 is 27.3 Å². The molecule has 0 aliphatic rings. The molecule has 0 aliphatic carbocycles. The number of hydrogen-bond donors (Lipinski definition) is 0. The lowest BCUT2D eigenvalue weighted by molar-refractivity contribution is 0.333. The van der Waals surface area contributed by atoms with Gasteiger partial charge >= 0.3 is 0 Å². The zero-order valence-electron chi connectivity index (χ0n) is 11.8. The Morgan fingerprint density at radius 3 is 2.32 bits per heavy atom. The van der Waals surface area contributed by atoms with Crippen molar-refractivity contribution >= 4 is 37.3 Å². The van der Waals surface area contributed by atoms with Gasteiger partial charge in [0.2, 0.25) is 0 Å². The maximum absolute atomic E-state index is 12.6. The van der Waals surface area contributed by atoms with E-state index in [1.54, 1.807) is 10.4 Å². The first-order valence-corrected chi connectivity index (χ1v) is 9.24. The number of hydrogen-bond acceptors (Lipinski definition) is 4. The van der Waals surface area contributed by atoms with Gasteiger partial charge in [0.25, 0.3) is 10.0 Å². The highest BCUT2D eigenvalue weighted by atomic mass is 79.9. The highest BCUT2D eigenvalue weighted by Crippen LogP contribution is 2.32. The monoisotopic (exact) mass is 368 g/mol. The molecule has 0 amide bonds. The average molecular weight is 369 g/mol. The van der Waals surface area contributed by atoms with Crippen LogP contribution in [0, 0.1) is 6.92 Å². The van der Waals surface area contributed by atoms with Crippen LogP contribution in [-0.4, -0.2) is 51.4 Å². The number of halogens is 1. The van der Waals surface area contributed by atoms with Gasteiger partial charge in [0, 0.05) is 19.6 Å². The summed E-state index contributed by atoms with van der Waals surface area (Å²) in [5.74, 6) is 0. The Morgan fingerprint density at radius 2 is 1.89 bits per heavy atom. The van der Waals surface area contributed by atoms with Crippen molar-refractivity contribution in [1.29, 1.82) is 0 Å². The average Bonchev–Trinajstić information content (AvgIpc) is 2.65. The topological polar surface area (TPSA) is 40.6 Å². The largest absolute Gasteiger partial charge is 0.308 e. The van der Waals surface area contributed by atoms with Crippen LogP contribution in [0.5, 0.6) is 0 Å². The SMILES string of the molecule is CCCN(CCN(C)C)S(=O)(=O)c1cc(C)c(Br)s1. The quantitative estimate of drug-likeness (QED) is 0.742. The lowest BCUT2D eigenvalue weighted by Crippen LogP contribution is -2.36. The van der Waals surface area contributed by atoms with Crippen molar-refractivity contribution in [2.45, 2.75) is 24.5 Å². The summed E-state index contributed by atoms with van der Waals surface area (Å²) in [7, 11) is 0.529. The lowest BCUT2D eigenvalue weighted by atomic mass is 10.4. The molecular weight excluding hydrogens is 348 g/mol. The fraction of sp³-hybridized carbons (Fsp3) is 0.667. The van der Waals surface area contributed by atoms with Crippen molar-refractivity contribution in [3.8, 4) is 0 Å². The van der Waals surface area contributed by atoms with E-state index >= 15 is 0 Å². The molecule has 0 spiro atoms. The fourth-order valence-corrected chi connectivity index (χ4v) is 5.50. The second-order valence-electron chi connectivity index (χ2n) is 4.73. The van der Waals surface area contributed by atoms with Gasteiger partial charge in [-0.3, -0.25) is 0 Å². The van der Waals surface area contributed by atoms with Crippen LogP contribution in [0.3, 0.4) is 0 Å². The van der Waals surface area contributed by atoms with E-state index in [9.17, 15) is 8.42 Å². The number of likely N-dealkylation sites (N-methyl/N-ethyl adjacent to an activating group) is 1. The van der Waals surface area contributed by atoms with Gasteiger partial charge in [-0.15, -0.1) is 11.3 Å². The molecule has 19 heavy (non-hydrogen) atoms. The van der Waals surface area contributed by atoms with E-state index in [2.05, 4.69) is 15.9 Å². The zero-order chi connectivity index (χ0) is 14.6. The molecule has 1 rings (SSSR count). The van der Waals surface area contributed by atoms with Gasteiger partial charge < -0.3 is 4.90 Å². The first-order valence-electron chi connectivity index (χ1n) is 6.19. The predicted octanol–water partition coefficient (Wildman–Crippen LogP) is 2.78. The molecule has 0 saturated carbocycles. The Labute approximate surface area is 128 Å². The molecule has 0 fully saturated rings. The third-order valence-corrected chi connectivity index (χ3v) is 7.18. The van der Waals surface area contributed by atoms with Crippen molar-refractivity contribution in [2.24, 2.45) is 0 Å². The highest BCUT2D eigenvalue weighted by molar-refractivity contribution is 9.11. The summed E-state index contributed by atoms with van der Waals surface area (Å²) >= 11 is 4.67. The van der Waals surface area contributed by atoms with Gasteiger partial charge in [-0.1, -0.05) is 6.92 Å². The molecule has 4 nitrogen and oxygen atoms in total. The zero-order valence-corrected chi connectivity index (χ0v) is 15.0. The predicted molar refractivity (Wildman–Crippen MR) is 84.4 cm³/mol. The first kappa shape index (κ1) is 17.1. The second kappa shape index (κ2) is 7.17. The fourth-order valence-electron chi connectivity index (χ4n) is 1.60. The van der Waals surface area contributed by atoms with E-state index in [1.807, 2.05) is 32.8 Å². The molecule has 0 N–H and O–H groups in total. The number of nitrogens with zero attached hydrogens (tertiary/aromatic N) is 2. The third-order valence-electron chi connectivity index (χ3n) is 2.70. The Bertz CT molecular complexity index is 492.